The zero-order valence-electron chi connectivity index (χ0n) is 9.84. The molecule has 0 amide bonds. The Morgan fingerprint density at radius 3 is 2.35 bits per heavy atom. The highest BCUT2D eigenvalue weighted by molar-refractivity contribution is 9.11. The number of hydrogen-bond acceptors (Lipinski definition) is 6. The lowest BCUT2D eigenvalue weighted by molar-refractivity contribution is 0.600. The van der Waals surface area contributed by atoms with E-state index in [-0.39, 0.29) is 10.8 Å². The van der Waals surface area contributed by atoms with E-state index in [1.54, 1.807) is 18.2 Å². The fraction of sp³-hybridized carbons (Fsp3) is 0. The number of nitrogen functional groups attached to an aromatic ring is 1. The van der Waals surface area contributed by atoms with Crippen LogP contribution in [0.3, 0.4) is 0 Å². The summed E-state index contributed by atoms with van der Waals surface area (Å²) < 4.78 is 28.2. The van der Waals surface area contributed by atoms with Crippen molar-refractivity contribution in [1.82, 2.24) is 9.97 Å². The maximum absolute atomic E-state index is 12.2. The number of nitrogens with zero attached hydrogens (tertiary/aromatic N) is 2. The van der Waals surface area contributed by atoms with Gasteiger partial charge in [0.25, 0.3) is 10.0 Å². The zero-order valence-corrected chi connectivity index (χ0v) is 13.8. The normalized spacial score (nSPS) is 11.2. The Bertz CT molecular complexity index is 721. The molecular formula is C10H9Br2N5O2S. The molecule has 0 atom stereocenters. The molecule has 0 bridgehead atoms. The molecule has 20 heavy (non-hydrogen) atoms. The summed E-state index contributed by atoms with van der Waals surface area (Å²) in [4.78, 5) is 7.45. The van der Waals surface area contributed by atoms with E-state index in [1.165, 1.54) is 0 Å². The van der Waals surface area contributed by atoms with Crippen LogP contribution in [0.5, 0.6) is 0 Å². The SMILES string of the molecule is NNc1ncc(S(=O)(=O)Nc2ccc(Br)cc2Br)cn1. The van der Waals surface area contributed by atoms with Crippen LogP contribution in [0.4, 0.5) is 11.6 Å². The minimum absolute atomic E-state index is 0.0636. The van der Waals surface area contributed by atoms with Crippen LogP contribution in [0.15, 0.2) is 44.4 Å². The van der Waals surface area contributed by atoms with Crippen molar-refractivity contribution in [2.75, 3.05) is 10.1 Å². The molecule has 0 saturated carbocycles. The average Bonchev–Trinajstić information content (AvgIpc) is 2.42. The third kappa shape index (κ3) is 3.45. The molecule has 0 saturated heterocycles. The van der Waals surface area contributed by atoms with E-state index in [2.05, 4.69) is 52.0 Å². The Morgan fingerprint density at radius 1 is 1.15 bits per heavy atom. The first-order valence-corrected chi connectivity index (χ1v) is 8.26. The maximum Gasteiger partial charge on any atom is 0.265 e. The van der Waals surface area contributed by atoms with E-state index < -0.39 is 10.0 Å². The predicted molar refractivity (Wildman–Crippen MR) is 82.5 cm³/mol. The summed E-state index contributed by atoms with van der Waals surface area (Å²) in [6.07, 6.45) is 2.33. The van der Waals surface area contributed by atoms with E-state index in [0.717, 1.165) is 16.9 Å². The fourth-order valence-electron chi connectivity index (χ4n) is 1.31. The molecule has 1 aromatic carbocycles. The lowest BCUT2D eigenvalue weighted by Crippen LogP contribution is -2.15. The number of rotatable bonds is 4. The Kier molecular flexibility index (Phi) is 4.58. The first-order valence-electron chi connectivity index (χ1n) is 5.19. The molecule has 0 aliphatic heterocycles. The molecule has 106 valence electrons. The number of anilines is 2. The van der Waals surface area contributed by atoms with Crippen LogP contribution >= 0.6 is 31.9 Å². The van der Waals surface area contributed by atoms with E-state index in [4.69, 9.17) is 5.84 Å². The molecule has 0 radical (unpaired) electrons. The molecule has 4 N–H and O–H groups in total. The molecule has 0 spiro atoms. The third-order valence-electron chi connectivity index (χ3n) is 2.24. The number of benzene rings is 1. The van der Waals surface area contributed by atoms with Gasteiger partial charge in [0.05, 0.1) is 18.1 Å². The standard InChI is InChI=1S/C10H9Br2N5O2S/c11-6-1-2-9(8(12)3-6)17-20(18,19)7-4-14-10(16-13)15-5-7/h1-5,17H,13H2,(H,14,15,16). The molecule has 0 fully saturated rings. The van der Waals surface area contributed by atoms with Gasteiger partial charge >= 0.3 is 0 Å². The van der Waals surface area contributed by atoms with Gasteiger partial charge < -0.3 is 0 Å². The van der Waals surface area contributed by atoms with Gasteiger partial charge in [0, 0.05) is 8.95 Å². The second kappa shape index (κ2) is 6.04. The van der Waals surface area contributed by atoms with Gasteiger partial charge in [0.1, 0.15) is 4.90 Å². The summed E-state index contributed by atoms with van der Waals surface area (Å²) in [6, 6.07) is 5.08. The average molecular weight is 423 g/mol. The lowest BCUT2D eigenvalue weighted by atomic mass is 10.3. The van der Waals surface area contributed by atoms with Crippen LogP contribution in [-0.2, 0) is 10.0 Å². The molecule has 10 heteroatoms. The molecule has 0 aliphatic rings. The summed E-state index contributed by atoms with van der Waals surface area (Å²) in [5.74, 6) is 5.25. The lowest BCUT2D eigenvalue weighted by Gasteiger charge is -2.09. The smallest absolute Gasteiger partial charge is 0.265 e. The van der Waals surface area contributed by atoms with Crippen molar-refractivity contribution in [2.24, 2.45) is 5.84 Å². The van der Waals surface area contributed by atoms with Crippen molar-refractivity contribution in [3.8, 4) is 0 Å². The fourth-order valence-corrected chi connectivity index (χ4v) is 3.55. The molecule has 0 aliphatic carbocycles. The quantitative estimate of drug-likeness (QED) is 0.514. The molecule has 7 nitrogen and oxygen atoms in total. The largest absolute Gasteiger partial charge is 0.292 e. The van der Waals surface area contributed by atoms with Crippen molar-refractivity contribution >= 4 is 53.5 Å². The summed E-state index contributed by atoms with van der Waals surface area (Å²) >= 11 is 6.57. The second-order valence-corrected chi connectivity index (χ2v) is 7.07. The van der Waals surface area contributed by atoms with Crippen molar-refractivity contribution in [1.29, 1.82) is 0 Å². The highest BCUT2D eigenvalue weighted by atomic mass is 79.9. The molecular weight excluding hydrogens is 414 g/mol. The first-order chi connectivity index (χ1) is 9.42. The summed E-state index contributed by atoms with van der Waals surface area (Å²) in [7, 11) is -3.76. The van der Waals surface area contributed by atoms with E-state index in [9.17, 15) is 8.42 Å². The number of hydrazine groups is 1. The van der Waals surface area contributed by atoms with Crippen LogP contribution in [-0.4, -0.2) is 18.4 Å². The number of nitrogens with one attached hydrogen (secondary N) is 2. The number of nitrogens with two attached hydrogens (primary N) is 1. The number of halogens is 2. The molecule has 0 unspecified atom stereocenters. The second-order valence-electron chi connectivity index (χ2n) is 3.62. The van der Waals surface area contributed by atoms with Crippen molar-refractivity contribution < 1.29 is 8.42 Å². The van der Waals surface area contributed by atoms with Gasteiger partial charge in [-0.15, -0.1) is 0 Å². The number of hydrogen-bond donors (Lipinski definition) is 3. The Balaban J connectivity index is 2.30. The first kappa shape index (κ1) is 15.2. The van der Waals surface area contributed by atoms with Crippen molar-refractivity contribution in [3.63, 3.8) is 0 Å². The van der Waals surface area contributed by atoms with E-state index >= 15 is 0 Å². The maximum atomic E-state index is 12.2. The molecule has 2 rings (SSSR count). The van der Waals surface area contributed by atoms with Crippen LogP contribution in [0.25, 0.3) is 0 Å². The summed E-state index contributed by atoms with van der Waals surface area (Å²) in [5.41, 5.74) is 2.63. The van der Waals surface area contributed by atoms with Crippen molar-refractivity contribution in [3.05, 3.63) is 39.5 Å². The number of aromatic nitrogens is 2. The van der Waals surface area contributed by atoms with Crippen LogP contribution in [0, 0.1) is 0 Å². The van der Waals surface area contributed by atoms with Crippen LogP contribution < -0.4 is 16.0 Å². The molecule has 2 aromatic rings. The number of sulfonamides is 1. The Hall–Kier alpha value is -1.23. The van der Waals surface area contributed by atoms with Gasteiger partial charge in [0.15, 0.2) is 0 Å². The van der Waals surface area contributed by atoms with Gasteiger partial charge in [-0.3, -0.25) is 10.1 Å². The topological polar surface area (TPSA) is 110 Å². The molecule has 1 heterocycles. The molecule has 1 aromatic heterocycles. The Labute approximate surface area is 132 Å². The van der Waals surface area contributed by atoms with Crippen LogP contribution in [0.2, 0.25) is 0 Å². The van der Waals surface area contributed by atoms with Gasteiger partial charge in [-0.2, -0.15) is 0 Å². The van der Waals surface area contributed by atoms with Gasteiger partial charge in [-0.25, -0.2) is 24.2 Å². The third-order valence-corrected chi connectivity index (χ3v) is 4.71. The van der Waals surface area contributed by atoms with Gasteiger partial charge in [-0.05, 0) is 34.1 Å². The summed E-state index contributed by atoms with van der Waals surface area (Å²) in [6.45, 7) is 0. The highest BCUT2D eigenvalue weighted by Gasteiger charge is 2.16. The monoisotopic (exact) mass is 421 g/mol. The highest BCUT2D eigenvalue weighted by Crippen LogP contribution is 2.28. The summed E-state index contributed by atoms with van der Waals surface area (Å²) in [5, 5.41) is 0. The van der Waals surface area contributed by atoms with Gasteiger partial charge in [0.2, 0.25) is 5.95 Å². The Morgan fingerprint density at radius 2 is 1.80 bits per heavy atom. The predicted octanol–water partition coefficient (Wildman–Crippen LogP) is 2.09. The minimum Gasteiger partial charge on any atom is -0.292 e. The minimum atomic E-state index is -3.76. The van der Waals surface area contributed by atoms with Crippen molar-refractivity contribution in [2.45, 2.75) is 4.90 Å². The van der Waals surface area contributed by atoms with E-state index in [1.807, 2.05) is 0 Å². The van der Waals surface area contributed by atoms with E-state index in [0.29, 0.717) is 10.2 Å². The van der Waals surface area contributed by atoms with Gasteiger partial charge in [-0.1, -0.05) is 15.9 Å². The zero-order chi connectivity index (χ0) is 14.8. The van der Waals surface area contributed by atoms with Crippen LogP contribution in [0.1, 0.15) is 0 Å².